The van der Waals surface area contributed by atoms with E-state index in [9.17, 15) is 4.79 Å². The molecule has 0 saturated carbocycles. The van der Waals surface area contributed by atoms with Crippen LogP contribution in [0, 0.1) is 0 Å². The molecule has 0 saturated heterocycles. The van der Waals surface area contributed by atoms with Gasteiger partial charge in [-0.15, -0.1) is 6.58 Å². The van der Waals surface area contributed by atoms with Crippen molar-refractivity contribution >= 4 is 17.3 Å². The summed E-state index contributed by atoms with van der Waals surface area (Å²) in [5, 5.41) is 3.11. The molecule has 0 fully saturated rings. The van der Waals surface area contributed by atoms with Crippen LogP contribution in [0.5, 0.6) is 0 Å². The fraction of sp³-hybridized carbons (Fsp3) is 0.182. The number of carbonyl (C=O) groups excluding carboxylic acids is 1. The third-order valence-electron chi connectivity index (χ3n) is 2.00. The van der Waals surface area contributed by atoms with Gasteiger partial charge in [-0.05, 0) is 24.6 Å². The molecule has 0 aliphatic heterocycles. The largest absolute Gasteiger partial charge is 0.397 e. The van der Waals surface area contributed by atoms with Crippen LogP contribution in [0.4, 0.5) is 11.4 Å². The molecule has 1 rings (SSSR count). The minimum absolute atomic E-state index is 0.449. The quantitative estimate of drug-likeness (QED) is 0.385. The number of nitrogens with one attached hydrogen (secondary N) is 1. The molecule has 0 atom stereocenters. The number of benzene rings is 1. The van der Waals surface area contributed by atoms with Gasteiger partial charge in [0.05, 0.1) is 11.4 Å². The van der Waals surface area contributed by atoms with Gasteiger partial charge in [-0.2, -0.15) is 0 Å². The van der Waals surface area contributed by atoms with Crippen LogP contribution in [0.25, 0.3) is 0 Å². The maximum atomic E-state index is 10.9. The summed E-state index contributed by atoms with van der Waals surface area (Å²) in [4.78, 5) is 10.9. The second-order valence-electron chi connectivity index (χ2n) is 3.17. The van der Waals surface area contributed by atoms with Crippen LogP contribution in [0.1, 0.15) is 16.8 Å². The Kier molecular flexibility index (Phi) is 3.74. The van der Waals surface area contributed by atoms with Crippen molar-refractivity contribution in [3.63, 3.8) is 0 Å². The molecule has 1 aromatic carbocycles. The molecule has 1 amide bonds. The van der Waals surface area contributed by atoms with Crippen molar-refractivity contribution in [3.05, 3.63) is 36.4 Å². The Morgan fingerprint density at radius 1 is 1.53 bits per heavy atom. The molecule has 0 radical (unpaired) electrons. The van der Waals surface area contributed by atoms with Crippen LogP contribution in [0.3, 0.4) is 0 Å². The SMILES string of the molecule is C=CCCNc1cc(C(N)=O)ccc1N. The predicted molar refractivity (Wildman–Crippen MR) is 62.7 cm³/mol. The van der Waals surface area contributed by atoms with E-state index in [4.69, 9.17) is 11.5 Å². The van der Waals surface area contributed by atoms with E-state index in [1.54, 1.807) is 24.3 Å². The van der Waals surface area contributed by atoms with E-state index in [1.807, 2.05) is 0 Å². The maximum absolute atomic E-state index is 10.9. The molecule has 0 aliphatic rings. The predicted octanol–water partition coefficient (Wildman–Crippen LogP) is 1.36. The first-order valence-electron chi connectivity index (χ1n) is 4.69. The zero-order valence-corrected chi connectivity index (χ0v) is 8.49. The standard InChI is InChI=1S/C11H15N3O/c1-2-3-6-14-10-7-8(11(13)15)4-5-9(10)12/h2,4-5,7,14H,1,3,6,12H2,(H2,13,15). The van der Waals surface area contributed by atoms with E-state index in [0.717, 1.165) is 18.7 Å². The van der Waals surface area contributed by atoms with E-state index in [2.05, 4.69) is 11.9 Å². The fourth-order valence-corrected chi connectivity index (χ4v) is 1.17. The lowest BCUT2D eigenvalue weighted by Crippen LogP contribution is -2.12. The Morgan fingerprint density at radius 3 is 2.87 bits per heavy atom. The average Bonchev–Trinajstić information content (AvgIpc) is 2.20. The maximum Gasteiger partial charge on any atom is 0.248 e. The molecule has 1 aromatic rings. The molecule has 4 nitrogen and oxygen atoms in total. The highest BCUT2D eigenvalue weighted by molar-refractivity contribution is 5.94. The third-order valence-corrected chi connectivity index (χ3v) is 2.00. The fourth-order valence-electron chi connectivity index (χ4n) is 1.17. The van der Waals surface area contributed by atoms with Crippen molar-refractivity contribution in [2.24, 2.45) is 5.73 Å². The zero-order chi connectivity index (χ0) is 11.3. The number of hydrogen-bond donors (Lipinski definition) is 3. The minimum Gasteiger partial charge on any atom is -0.397 e. The number of hydrogen-bond acceptors (Lipinski definition) is 3. The number of carbonyl (C=O) groups is 1. The molecule has 4 heteroatoms. The first-order chi connectivity index (χ1) is 7.15. The topological polar surface area (TPSA) is 81.1 Å². The Balaban J connectivity index is 2.80. The molecular formula is C11H15N3O. The number of amides is 1. The van der Waals surface area contributed by atoms with Gasteiger partial charge in [-0.25, -0.2) is 0 Å². The Hall–Kier alpha value is -1.97. The lowest BCUT2D eigenvalue weighted by Gasteiger charge is -2.09. The van der Waals surface area contributed by atoms with Gasteiger partial charge in [0.2, 0.25) is 5.91 Å². The monoisotopic (exact) mass is 205 g/mol. The zero-order valence-electron chi connectivity index (χ0n) is 8.49. The second kappa shape index (κ2) is 5.05. The summed E-state index contributed by atoms with van der Waals surface area (Å²) >= 11 is 0. The van der Waals surface area contributed by atoms with Gasteiger partial charge in [0, 0.05) is 12.1 Å². The number of nitrogens with two attached hydrogens (primary N) is 2. The van der Waals surface area contributed by atoms with Gasteiger partial charge in [0.25, 0.3) is 0 Å². The van der Waals surface area contributed by atoms with Crippen LogP contribution in [0.15, 0.2) is 30.9 Å². The third kappa shape index (κ3) is 3.02. The lowest BCUT2D eigenvalue weighted by molar-refractivity contribution is 0.100. The van der Waals surface area contributed by atoms with Crippen molar-refractivity contribution in [1.82, 2.24) is 0 Å². The first-order valence-corrected chi connectivity index (χ1v) is 4.69. The summed E-state index contributed by atoms with van der Waals surface area (Å²) in [5.74, 6) is -0.457. The number of nitrogen functional groups attached to an aromatic ring is 1. The molecule has 80 valence electrons. The highest BCUT2D eigenvalue weighted by atomic mass is 16.1. The summed E-state index contributed by atoms with van der Waals surface area (Å²) in [6, 6.07) is 4.92. The van der Waals surface area contributed by atoms with E-state index in [-0.39, 0.29) is 0 Å². The lowest BCUT2D eigenvalue weighted by atomic mass is 10.1. The van der Waals surface area contributed by atoms with Gasteiger partial charge in [-0.1, -0.05) is 6.08 Å². The molecule has 0 unspecified atom stereocenters. The van der Waals surface area contributed by atoms with Crippen LogP contribution >= 0.6 is 0 Å². The van der Waals surface area contributed by atoms with Crippen molar-refractivity contribution in [1.29, 1.82) is 0 Å². The van der Waals surface area contributed by atoms with Crippen LogP contribution in [-0.4, -0.2) is 12.5 Å². The van der Waals surface area contributed by atoms with E-state index in [0.29, 0.717) is 11.3 Å². The molecular weight excluding hydrogens is 190 g/mol. The van der Waals surface area contributed by atoms with Crippen LogP contribution in [0.2, 0.25) is 0 Å². The van der Waals surface area contributed by atoms with Gasteiger partial charge >= 0.3 is 0 Å². The van der Waals surface area contributed by atoms with Crippen LogP contribution < -0.4 is 16.8 Å². The van der Waals surface area contributed by atoms with Gasteiger partial charge in [0.1, 0.15) is 0 Å². The number of rotatable bonds is 5. The highest BCUT2D eigenvalue weighted by Crippen LogP contribution is 2.19. The summed E-state index contributed by atoms with van der Waals surface area (Å²) in [6.45, 7) is 4.35. The van der Waals surface area contributed by atoms with Gasteiger partial charge in [0.15, 0.2) is 0 Å². The summed E-state index contributed by atoms with van der Waals surface area (Å²) < 4.78 is 0. The van der Waals surface area contributed by atoms with Crippen LogP contribution in [-0.2, 0) is 0 Å². The smallest absolute Gasteiger partial charge is 0.248 e. The van der Waals surface area contributed by atoms with E-state index >= 15 is 0 Å². The first kappa shape index (κ1) is 11.1. The van der Waals surface area contributed by atoms with Gasteiger partial charge < -0.3 is 16.8 Å². The number of anilines is 2. The normalized spacial score (nSPS) is 9.60. The Morgan fingerprint density at radius 2 is 2.27 bits per heavy atom. The average molecular weight is 205 g/mol. The summed E-state index contributed by atoms with van der Waals surface area (Å²) in [5.41, 5.74) is 12.7. The van der Waals surface area contributed by atoms with Gasteiger partial charge in [-0.3, -0.25) is 4.79 Å². The number of primary amides is 1. The molecule has 0 spiro atoms. The molecule has 15 heavy (non-hydrogen) atoms. The molecule has 0 bridgehead atoms. The summed E-state index contributed by atoms with van der Waals surface area (Å²) in [6.07, 6.45) is 2.64. The molecule has 0 aromatic heterocycles. The van der Waals surface area contributed by atoms with Crippen molar-refractivity contribution in [2.45, 2.75) is 6.42 Å². The highest BCUT2D eigenvalue weighted by Gasteiger charge is 2.04. The van der Waals surface area contributed by atoms with Crippen molar-refractivity contribution in [3.8, 4) is 0 Å². The molecule has 5 N–H and O–H groups in total. The van der Waals surface area contributed by atoms with Crippen molar-refractivity contribution < 1.29 is 4.79 Å². The second-order valence-corrected chi connectivity index (χ2v) is 3.17. The Labute approximate surface area is 89.0 Å². The molecule has 0 heterocycles. The minimum atomic E-state index is -0.457. The van der Waals surface area contributed by atoms with E-state index in [1.165, 1.54) is 0 Å². The van der Waals surface area contributed by atoms with E-state index < -0.39 is 5.91 Å². The molecule has 0 aliphatic carbocycles. The summed E-state index contributed by atoms with van der Waals surface area (Å²) in [7, 11) is 0. The Bertz CT molecular complexity index is 374. The van der Waals surface area contributed by atoms with Crippen molar-refractivity contribution in [2.75, 3.05) is 17.6 Å².